The molecule has 0 aliphatic carbocycles. The third-order valence-electron chi connectivity index (χ3n) is 3.32. The lowest BCUT2D eigenvalue weighted by atomic mass is 10.1. The lowest BCUT2D eigenvalue weighted by Crippen LogP contribution is -2.16. The number of carbonyl (C=O) groups excluding carboxylic acids is 1. The molecular formula is C17H21NO2. The minimum Gasteiger partial charge on any atom is -0.461 e. The lowest BCUT2D eigenvalue weighted by Gasteiger charge is -2.17. The largest absolute Gasteiger partial charge is 0.461 e. The van der Waals surface area contributed by atoms with E-state index in [2.05, 4.69) is 19.1 Å². The van der Waals surface area contributed by atoms with Crippen molar-refractivity contribution < 1.29 is 9.53 Å². The SMILES string of the molecule is CCOC(=O)c1cc(C)cn1C(C)Cc1ccccc1. The molecule has 106 valence electrons. The molecule has 2 aromatic rings. The average molecular weight is 271 g/mol. The number of rotatable bonds is 5. The van der Waals surface area contributed by atoms with Crippen LogP contribution in [0.1, 0.15) is 41.5 Å². The first-order valence-electron chi connectivity index (χ1n) is 7.01. The van der Waals surface area contributed by atoms with Gasteiger partial charge >= 0.3 is 5.97 Å². The van der Waals surface area contributed by atoms with E-state index in [9.17, 15) is 4.79 Å². The Bertz CT molecular complexity index is 572. The van der Waals surface area contributed by atoms with Gasteiger partial charge in [0.05, 0.1) is 6.61 Å². The minimum absolute atomic E-state index is 0.213. The number of hydrogen-bond acceptors (Lipinski definition) is 2. The zero-order chi connectivity index (χ0) is 14.5. The standard InChI is InChI=1S/C17H21NO2/c1-4-20-17(19)16-10-13(2)12-18(16)14(3)11-15-8-6-5-7-9-15/h5-10,12,14H,4,11H2,1-3H3. The van der Waals surface area contributed by atoms with Crippen LogP contribution in [-0.2, 0) is 11.2 Å². The summed E-state index contributed by atoms with van der Waals surface area (Å²) in [4.78, 5) is 12.0. The quantitative estimate of drug-likeness (QED) is 0.775. The molecule has 1 aromatic carbocycles. The maximum absolute atomic E-state index is 12.0. The van der Waals surface area contributed by atoms with Gasteiger partial charge in [-0.25, -0.2) is 4.79 Å². The van der Waals surface area contributed by atoms with Gasteiger partial charge in [-0.05, 0) is 44.4 Å². The van der Waals surface area contributed by atoms with Crippen molar-refractivity contribution in [2.75, 3.05) is 6.61 Å². The number of aromatic nitrogens is 1. The number of carbonyl (C=O) groups is 1. The third kappa shape index (κ3) is 3.29. The molecule has 0 N–H and O–H groups in total. The summed E-state index contributed by atoms with van der Waals surface area (Å²) in [7, 11) is 0. The first-order valence-corrected chi connectivity index (χ1v) is 7.01. The highest BCUT2D eigenvalue weighted by Gasteiger charge is 2.17. The fourth-order valence-corrected chi connectivity index (χ4v) is 2.40. The van der Waals surface area contributed by atoms with Crippen LogP contribution >= 0.6 is 0 Å². The number of nitrogens with zero attached hydrogens (tertiary/aromatic N) is 1. The van der Waals surface area contributed by atoms with E-state index in [0.29, 0.717) is 12.3 Å². The van der Waals surface area contributed by atoms with Crippen LogP contribution in [0.3, 0.4) is 0 Å². The Kier molecular flexibility index (Phi) is 4.61. The van der Waals surface area contributed by atoms with Crippen LogP contribution in [0.5, 0.6) is 0 Å². The molecule has 3 heteroatoms. The molecule has 20 heavy (non-hydrogen) atoms. The fourth-order valence-electron chi connectivity index (χ4n) is 2.40. The Morgan fingerprint density at radius 2 is 2.00 bits per heavy atom. The summed E-state index contributed by atoms with van der Waals surface area (Å²) in [5, 5.41) is 0. The predicted molar refractivity (Wildman–Crippen MR) is 80.0 cm³/mol. The van der Waals surface area contributed by atoms with E-state index < -0.39 is 0 Å². The number of ether oxygens (including phenoxy) is 1. The highest BCUT2D eigenvalue weighted by molar-refractivity contribution is 5.88. The highest BCUT2D eigenvalue weighted by Crippen LogP contribution is 2.19. The molecule has 1 unspecified atom stereocenters. The Morgan fingerprint density at radius 3 is 2.65 bits per heavy atom. The van der Waals surface area contributed by atoms with Crippen LogP contribution in [-0.4, -0.2) is 17.1 Å². The Balaban J connectivity index is 2.21. The van der Waals surface area contributed by atoms with Gasteiger partial charge in [0.25, 0.3) is 0 Å². The smallest absolute Gasteiger partial charge is 0.354 e. The number of esters is 1. The summed E-state index contributed by atoms with van der Waals surface area (Å²) < 4.78 is 7.14. The monoisotopic (exact) mass is 271 g/mol. The van der Waals surface area contributed by atoms with Gasteiger partial charge in [0.2, 0.25) is 0 Å². The molecule has 0 bridgehead atoms. The molecule has 1 heterocycles. The molecule has 0 fully saturated rings. The van der Waals surface area contributed by atoms with E-state index in [1.165, 1.54) is 5.56 Å². The van der Waals surface area contributed by atoms with Gasteiger partial charge in [0.1, 0.15) is 5.69 Å². The first kappa shape index (κ1) is 14.4. The maximum atomic E-state index is 12.0. The minimum atomic E-state index is -0.250. The van der Waals surface area contributed by atoms with E-state index in [1.807, 2.05) is 48.9 Å². The van der Waals surface area contributed by atoms with Gasteiger partial charge in [-0.2, -0.15) is 0 Å². The van der Waals surface area contributed by atoms with E-state index in [4.69, 9.17) is 4.74 Å². The third-order valence-corrected chi connectivity index (χ3v) is 3.32. The summed E-state index contributed by atoms with van der Waals surface area (Å²) in [5.74, 6) is -0.250. The fraction of sp³-hybridized carbons (Fsp3) is 0.353. The topological polar surface area (TPSA) is 31.2 Å². The van der Waals surface area contributed by atoms with Gasteiger partial charge < -0.3 is 9.30 Å². The van der Waals surface area contributed by atoms with Crippen molar-refractivity contribution in [3.63, 3.8) is 0 Å². The molecule has 1 aromatic heterocycles. The Morgan fingerprint density at radius 1 is 1.30 bits per heavy atom. The molecule has 0 radical (unpaired) electrons. The van der Waals surface area contributed by atoms with E-state index in [-0.39, 0.29) is 12.0 Å². The van der Waals surface area contributed by atoms with Crippen molar-refractivity contribution in [2.45, 2.75) is 33.2 Å². The zero-order valence-electron chi connectivity index (χ0n) is 12.3. The first-order chi connectivity index (χ1) is 9.61. The molecular weight excluding hydrogens is 250 g/mol. The molecule has 0 aliphatic heterocycles. The van der Waals surface area contributed by atoms with Gasteiger partial charge in [-0.1, -0.05) is 30.3 Å². The molecule has 0 aliphatic rings. The maximum Gasteiger partial charge on any atom is 0.354 e. The van der Waals surface area contributed by atoms with Crippen molar-refractivity contribution in [1.82, 2.24) is 4.57 Å². The van der Waals surface area contributed by atoms with Crippen molar-refractivity contribution in [1.29, 1.82) is 0 Å². The molecule has 1 atom stereocenters. The molecule has 2 rings (SSSR count). The van der Waals surface area contributed by atoms with Gasteiger partial charge in [-0.15, -0.1) is 0 Å². The molecule has 0 spiro atoms. The van der Waals surface area contributed by atoms with Crippen LogP contribution < -0.4 is 0 Å². The van der Waals surface area contributed by atoms with Crippen molar-refractivity contribution in [3.8, 4) is 0 Å². The normalized spacial score (nSPS) is 12.2. The predicted octanol–water partition coefficient (Wildman–Crippen LogP) is 3.78. The van der Waals surface area contributed by atoms with Gasteiger partial charge in [0.15, 0.2) is 0 Å². The molecule has 3 nitrogen and oxygen atoms in total. The molecule has 0 amide bonds. The summed E-state index contributed by atoms with van der Waals surface area (Å²) >= 11 is 0. The van der Waals surface area contributed by atoms with Gasteiger partial charge in [0, 0.05) is 12.2 Å². The molecule has 0 saturated heterocycles. The lowest BCUT2D eigenvalue weighted by molar-refractivity contribution is 0.0511. The second-order valence-corrected chi connectivity index (χ2v) is 5.07. The second-order valence-electron chi connectivity index (χ2n) is 5.07. The van der Waals surface area contributed by atoms with Crippen LogP contribution in [0.15, 0.2) is 42.6 Å². The average Bonchev–Trinajstić information content (AvgIpc) is 2.82. The van der Waals surface area contributed by atoms with Crippen LogP contribution in [0, 0.1) is 6.92 Å². The summed E-state index contributed by atoms with van der Waals surface area (Å²) in [5.41, 5.74) is 2.97. The highest BCUT2D eigenvalue weighted by atomic mass is 16.5. The van der Waals surface area contributed by atoms with Crippen molar-refractivity contribution in [2.24, 2.45) is 0 Å². The Hall–Kier alpha value is -2.03. The van der Waals surface area contributed by atoms with Crippen molar-refractivity contribution >= 4 is 5.97 Å². The van der Waals surface area contributed by atoms with E-state index in [0.717, 1.165) is 12.0 Å². The summed E-state index contributed by atoms with van der Waals surface area (Å²) in [6.45, 7) is 6.34. The summed E-state index contributed by atoms with van der Waals surface area (Å²) in [6.07, 6.45) is 2.90. The number of hydrogen-bond donors (Lipinski definition) is 0. The number of benzene rings is 1. The van der Waals surface area contributed by atoms with Crippen LogP contribution in [0.4, 0.5) is 0 Å². The van der Waals surface area contributed by atoms with E-state index in [1.54, 1.807) is 0 Å². The number of aryl methyl sites for hydroxylation is 1. The second kappa shape index (κ2) is 6.42. The van der Waals surface area contributed by atoms with Crippen LogP contribution in [0.2, 0.25) is 0 Å². The van der Waals surface area contributed by atoms with E-state index >= 15 is 0 Å². The van der Waals surface area contributed by atoms with Crippen LogP contribution in [0.25, 0.3) is 0 Å². The van der Waals surface area contributed by atoms with Crippen molar-refractivity contribution in [3.05, 3.63) is 59.4 Å². The summed E-state index contributed by atoms with van der Waals surface area (Å²) in [6, 6.07) is 12.4. The zero-order valence-corrected chi connectivity index (χ0v) is 12.3. The Labute approximate surface area is 120 Å². The molecule has 0 saturated carbocycles. The van der Waals surface area contributed by atoms with Gasteiger partial charge in [-0.3, -0.25) is 0 Å².